The molecule has 1 aliphatic rings. The third-order valence-electron chi connectivity index (χ3n) is 3.38. The second-order valence-electron chi connectivity index (χ2n) is 4.98. The highest BCUT2D eigenvalue weighted by Gasteiger charge is 2.16. The van der Waals surface area contributed by atoms with Crippen molar-refractivity contribution in [3.05, 3.63) is 16.1 Å². The standard InChI is InChI=1S/C13H23N3S/c1-3-12-8-15-13(17-12)9-14-7-11-5-4-6-16(2)10-11/h8,11,14H,3-7,9-10H2,1-2H3. The number of aromatic nitrogens is 1. The predicted molar refractivity (Wildman–Crippen MR) is 73.4 cm³/mol. The van der Waals surface area contributed by atoms with Crippen molar-refractivity contribution in [1.29, 1.82) is 0 Å². The molecular weight excluding hydrogens is 230 g/mol. The van der Waals surface area contributed by atoms with Crippen molar-refractivity contribution < 1.29 is 0 Å². The summed E-state index contributed by atoms with van der Waals surface area (Å²) < 4.78 is 0. The summed E-state index contributed by atoms with van der Waals surface area (Å²) in [5.41, 5.74) is 0. The molecule has 1 unspecified atom stereocenters. The minimum Gasteiger partial charge on any atom is -0.310 e. The molecule has 0 aliphatic carbocycles. The van der Waals surface area contributed by atoms with E-state index in [2.05, 4.69) is 29.2 Å². The Labute approximate surface area is 108 Å². The number of likely N-dealkylation sites (tertiary alicyclic amines) is 1. The Balaban J connectivity index is 1.68. The normalized spacial score (nSPS) is 21.9. The van der Waals surface area contributed by atoms with Gasteiger partial charge in [-0.05, 0) is 45.3 Å². The molecule has 1 fully saturated rings. The van der Waals surface area contributed by atoms with Gasteiger partial charge in [-0.3, -0.25) is 0 Å². The molecule has 1 saturated heterocycles. The average Bonchev–Trinajstić information content (AvgIpc) is 2.77. The summed E-state index contributed by atoms with van der Waals surface area (Å²) >= 11 is 1.84. The smallest absolute Gasteiger partial charge is 0.107 e. The number of thiazole rings is 1. The number of piperidine rings is 1. The fourth-order valence-electron chi connectivity index (χ4n) is 2.42. The van der Waals surface area contributed by atoms with Crippen LogP contribution in [0, 0.1) is 5.92 Å². The van der Waals surface area contributed by atoms with Crippen LogP contribution in [0.3, 0.4) is 0 Å². The van der Waals surface area contributed by atoms with Gasteiger partial charge in [-0.1, -0.05) is 6.92 Å². The number of hydrogen-bond acceptors (Lipinski definition) is 4. The quantitative estimate of drug-likeness (QED) is 0.871. The van der Waals surface area contributed by atoms with E-state index in [0.29, 0.717) is 0 Å². The summed E-state index contributed by atoms with van der Waals surface area (Å²) in [5.74, 6) is 0.819. The van der Waals surface area contributed by atoms with Gasteiger partial charge in [-0.25, -0.2) is 4.98 Å². The Morgan fingerprint density at radius 1 is 1.59 bits per heavy atom. The lowest BCUT2D eigenvalue weighted by atomic mass is 9.98. The molecule has 0 amide bonds. The molecule has 0 saturated carbocycles. The van der Waals surface area contributed by atoms with E-state index in [1.165, 1.54) is 35.8 Å². The summed E-state index contributed by atoms with van der Waals surface area (Å²) in [6, 6.07) is 0. The van der Waals surface area contributed by atoms with Crippen LogP contribution in [0.25, 0.3) is 0 Å². The van der Waals surface area contributed by atoms with E-state index < -0.39 is 0 Å². The van der Waals surface area contributed by atoms with Gasteiger partial charge < -0.3 is 10.2 Å². The average molecular weight is 253 g/mol. The number of nitrogens with zero attached hydrogens (tertiary/aromatic N) is 2. The van der Waals surface area contributed by atoms with Crippen molar-refractivity contribution in [2.75, 3.05) is 26.7 Å². The molecular formula is C13H23N3S. The molecule has 0 spiro atoms. The maximum absolute atomic E-state index is 4.43. The lowest BCUT2D eigenvalue weighted by molar-refractivity contribution is 0.206. The molecule has 4 heteroatoms. The monoisotopic (exact) mass is 253 g/mol. The third-order valence-corrected chi connectivity index (χ3v) is 4.52. The first kappa shape index (κ1) is 13.0. The highest BCUT2D eigenvalue weighted by atomic mass is 32.1. The molecule has 1 N–H and O–H groups in total. The molecule has 0 radical (unpaired) electrons. The largest absolute Gasteiger partial charge is 0.310 e. The van der Waals surface area contributed by atoms with Crippen molar-refractivity contribution in [3.8, 4) is 0 Å². The number of nitrogens with one attached hydrogen (secondary N) is 1. The Bertz CT molecular complexity index is 337. The van der Waals surface area contributed by atoms with Crippen LogP contribution in [0.4, 0.5) is 0 Å². The topological polar surface area (TPSA) is 28.2 Å². The van der Waals surface area contributed by atoms with Crippen LogP contribution in [-0.2, 0) is 13.0 Å². The van der Waals surface area contributed by atoms with Gasteiger partial charge in [0, 0.05) is 24.2 Å². The van der Waals surface area contributed by atoms with Crippen LogP contribution in [-0.4, -0.2) is 36.6 Å². The number of rotatable bonds is 5. The molecule has 2 heterocycles. The van der Waals surface area contributed by atoms with E-state index in [9.17, 15) is 0 Å². The first-order chi connectivity index (χ1) is 8.28. The van der Waals surface area contributed by atoms with Crippen LogP contribution in [0.15, 0.2) is 6.20 Å². The fourth-order valence-corrected chi connectivity index (χ4v) is 3.25. The van der Waals surface area contributed by atoms with Gasteiger partial charge >= 0.3 is 0 Å². The summed E-state index contributed by atoms with van der Waals surface area (Å²) in [4.78, 5) is 8.26. The lowest BCUT2D eigenvalue weighted by Gasteiger charge is -2.29. The zero-order valence-corrected chi connectivity index (χ0v) is 11.7. The minimum absolute atomic E-state index is 0.819. The third kappa shape index (κ3) is 4.05. The molecule has 3 nitrogen and oxygen atoms in total. The Hall–Kier alpha value is -0.450. The first-order valence-electron chi connectivity index (χ1n) is 6.60. The zero-order valence-electron chi connectivity index (χ0n) is 10.9. The van der Waals surface area contributed by atoms with E-state index in [1.54, 1.807) is 0 Å². The van der Waals surface area contributed by atoms with E-state index in [-0.39, 0.29) is 0 Å². The summed E-state index contributed by atoms with van der Waals surface area (Å²) in [6.45, 7) is 6.76. The Morgan fingerprint density at radius 3 is 3.18 bits per heavy atom. The van der Waals surface area contributed by atoms with Crippen LogP contribution in [0.1, 0.15) is 29.7 Å². The molecule has 1 aliphatic heterocycles. The van der Waals surface area contributed by atoms with Gasteiger partial charge in [0.2, 0.25) is 0 Å². The molecule has 2 rings (SSSR count). The predicted octanol–water partition coefficient (Wildman–Crippen LogP) is 2.14. The molecule has 0 bridgehead atoms. The van der Waals surface area contributed by atoms with Gasteiger partial charge in [0.1, 0.15) is 5.01 Å². The van der Waals surface area contributed by atoms with Crippen molar-refractivity contribution in [2.24, 2.45) is 5.92 Å². The number of aryl methyl sites for hydroxylation is 1. The van der Waals surface area contributed by atoms with Gasteiger partial charge in [0.25, 0.3) is 0 Å². The van der Waals surface area contributed by atoms with E-state index in [0.717, 1.165) is 25.4 Å². The Morgan fingerprint density at radius 2 is 2.47 bits per heavy atom. The number of hydrogen-bond donors (Lipinski definition) is 1. The molecule has 0 aromatic carbocycles. The second kappa shape index (κ2) is 6.47. The van der Waals surface area contributed by atoms with Gasteiger partial charge in [0.15, 0.2) is 0 Å². The maximum atomic E-state index is 4.43. The van der Waals surface area contributed by atoms with Crippen molar-refractivity contribution in [2.45, 2.75) is 32.7 Å². The van der Waals surface area contributed by atoms with Crippen molar-refractivity contribution in [1.82, 2.24) is 15.2 Å². The van der Waals surface area contributed by atoms with Crippen molar-refractivity contribution >= 4 is 11.3 Å². The van der Waals surface area contributed by atoms with E-state index in [1.807, 2.05) is 17.5 Å². The van der Waals surface area contributed by atoms with E-state index in [4.69, 9.17) is 0 Å². The first-order valence-corrected chi connectivity index (χ1v) is 7.42. The van der Waals surface area contributed by atoms with Gasteiger partial charge in [-0.2, -0.15) is 0 Å². The van der Waals surface area contributed by atoms with Gasteiger partial charge in [0.05, 0.1) is 0 Å². The highest BCUT2D eigenvalue weighted by Crippen LogP contribution is 2.15. The lowest BCUT2D eigenvalue weighted by Crippen LogP contribution is -2.37. The molecule has 1 atom stereocenters. The minimum atomic E-state index is 0.819. The molecule has 96 valence electrons. The molecule has 1 aromatic rings. The van der Waals surface area contributed by atoms with Gasteiger partial charge in [-0.15, -0.1) is 11.3 Å². The van der Waals surface area contributed by atoms with Crippen LogP contribution in [0.2, 0.25) is 0 Å². The highest BCUT2D eigenvalue weighted by molar-refractivity contribution is 7.11. The Kier molecular flexibility index (Phi) is 4.95. The van der Waals surface area contributed by atoms with Crippen LogP contribution in [0.5, 0.6) is 0 Å². The van der Waals surface area contributed by atoms with Crippen molar-refractivity contribution in [3.63, 3.8) is 0 Å². The van der Waals surface area contributed by atoms with E-state index >= 15 is 0 Å². The maximum Gasteiger partial charge on any atom is 0.107 e. The summed E-state index contributed by atoms with van der Waals surface area (Å²) in [5, 5.41) is 4.78. The second-order valence-corrected chi connectivity index (χ2v) is 6.18. The fraction of sp³-hybridized carbons (Fsp3) is 0.769. The van der Waals surface area contributed by atoms with Crippen LogP contribution >= 0.6 is 11.3 Å². The zero-order chi connectivity index (χ0) is 12.1. The SMILES string of the molecule is CCc1cnc(CNCC2CCCN(C)C2)s1. The van der Waals surface area contributed by atoms with Crippen LogP contribution < -0.4 is 5.32 Å². The molecule has 1 aromatic heterocycles. The summed E-state index contributed by atoms with van der Waals surface area (Å²) in [7, 11) is 2.22. The molecule has 17 heavy (non-hydrogen) atoms. The summed E-state index contributed by atoms with van der Waals surface area (Å²) in [6.07, 6.45) is 5.83.